The van der Waals surface area contributed by atoms with E-state index >= 15 is 0 Å². The first-order valence-corrected chi connectivity index (χ1v) is 8.82. The number of nitrogens with one attached hydrogen (secondary N) is 1. The molecule has 3 atom stereocenters. The third kappa shape index (κ3) is 5.22. The smallest absolute Gasteiger partial charge is 0.0731 e. The van der Waals surface area contributed by atoms with Crippen molar-refractivity contribution in [1.82, 2.24) is 5.32 Å². The largest absolute Gasteiger partial charge is 0.377 e. The van der Waals surface area contributed by atoms with E-state index in [9.17, 15) is 0 Å². The van der Waals surface area contributed by atoms with Gasteiger partial charge in [0.15, 0.2) is 0 Å². The zero-order valence-electron chi connectivity index (χ0n) is 15.3. The van der Waals surface area contributed by atoms with Crippen LogP contribution in [0.25, 0.3) is 0 Å². The zero-order chi connectivity index (χ0) is 16.1. The van der Waals surface area contributed by atoms with Crippen LogP contribution in [0, 0.1) is 5.92 Å². The molecule has 0 spiro atoms. The molecular formula is C18H37NO2. The molecule has 0 radical (unpaired) electrons. The Morgan fingerprint density at radius 2 is 1.81 bits per heavy atom. The van der Waals surface area contributed by atoms with Crippen LogP contribution in [0.5, 0.6) is 0 Å². The number of hydrogen-bond acceptors (Lipinski definition) is 3. The second-order valence-corrected chi connectivity index (χ2v) is 7.54. The Bertz CT molecular complexity index is 296. The lowest BCUT2D eigenvalue weighted by molar-refractivity contribution is -0.0865. The third-order valence-electron chi connectivity index (χ3n) is 4.56. The van der Waals surface area contributed by atoms with Crippen LogP contribution in [0.2, 0.25) is 0 Å². The first kappa shape index (κ1) is 18.9. The third-order valence-corrected chi connectivity index (χ3v) is 4.56. The molecule has 0 amide bonds. The minimum absolute atomic E-state index is 0.0384. The zero-order valence-corrected chi connectivity index (χ0v) is 15.3. The van der Waals surface area contributed by atoms with Gasteiger partial charge in [-0.2, -0.15) is 0 Å². The van der Waals surface area contributed by atoms with E-state index < -0.39 is 0 Å². The number of hydrogen-bond donors (Lipinski definition) is 1. The minimum Gasteiger partial charge on any atom is -0.377 e. The van der Waals surface area contributed by atoms with E-state index in [1.54, 1.807) is 0 Å². The molecule has 3 nitrogen and oxygen atoms in total. The number of rotatable bonds is 9. The average Bonchev–Trinajstić information content (AvgIpc) is 2.58. The lowest BCUT2D eigenvalue weighted by Gasteiger charge is -2.38. The van der Waals surface area contributed by atoms with Crippen molar-refractivity contribution in [1.29, 1.82) is 0 Å². The van der Waals surface area contributed by atoms with Crippen LogP contribution in [-0.4, -0.2) is 36.5 Å². The summed E-state index contributed by atoms with van der Waals surface area (Å²) in [6.45, 7) is 17.3. The minimum atomic E-state index is -0.0992. The lowest BCUT2D eigenvalue weighted by Crippen LogP contribution is -2.52. The van der Waals surface area contributed by atoms with E-state index in [1.165, 1.54) is 0 Å². The fraction of sp³-hybridized carbons (Fsp3) is 1.00. The summed E-state index contributed by atoms with van der Waals surface area (Å²) in [6.07, 6.45) is 4.80. The van der Waals surface area contributed by atoms with Crippen LogP contribution >= 0.6 is 0 Å². The van der Waals surface area contributed by atoms with Gasteiger partial charge in [-0.05, 0) is 60.4 Å². The maximum absolute atomic E-state index is 6.32. The van der Waals surface area contributed by atoms with Gasteiger partial charge in [-0.1, -0.05) is 20.3 Å². The Morgan fingerprint density at radius 1 is 1.14 bits per heavy atom. The summed E-state index contributed by atoms with van der Waals surface area (Å²) < 4.78 is 12.4. The highest BCUT2D eigenvalue weighted by Crippen LogP contribution is 2.44. The topological polar surface area (TPSA) is 30.5 Å². The van der Waals surface area contributed by atoms with E-state index in [4.69, 9.17) is 9.47 Å². The van der Waals surface area contributed by atoms with Gasteiger partial charge in [0.05, 0.1) is 17.3 Å². The van der Waals surface area contributed by atoms with Crippen LogP contribution < -0.4 is 5.32 Å². The molecule has 1 heterocycles. The fourth-order valence-corrected chi connectivity index (χ4v) is 3.87. The predicted molar refractivity (Wildman–Crippen MR) is 89.8 cm³/mol. The molecule has 1 fully saturated rings. The van der Waals surface area contributed by atoms with Crippen molar-refractivity contribution in [2.75, 3.05) is 13.2 Å². The van der Waals surface area contributed by atoms with Gasteiger partial charge >= 0.3 is 0 Å². The van der Waals surface area contributed by atoms with Gasteiger partial charge in [-0.3, -0.25) is 0 Å². The monoisotopic (exact) mass is 299 g/mol. The molecule has 1 N–H and O–H groups in total. The SMILES string of the molecule is CCCNC(C(CCC)OCC)C1CC(C)(C)OC1(C)C. The summed E-state index contributed by atoms with van der Waals surface area (Å²) in [6, 6.07) is 0.377. The van der Waals surface area contributed by atoms with Gasteiger partial charge in [-0.25, -0.2) is 0 Å². The molecule has 0 aromatic rings. The second-order valence-electron chi connectivity index (χ2n) is 7.54. The van der Waals surface area contributed by atoms with E-state index in [1.807, 2.05) is 0 Å². The van der Waals surface area contributed by atoms with Crippen molar-refractivity contribution < 1.29 is 9.47 Å². The van der Waals surface area contributed by atoms with Crippen molar-refractivity contribution in [3.8, 4) is 0 Å². The quantitative estimate of drug-likeness (QED) is 0.693. The van der Waals surface area contributed by atoms with Crippen molar-refractivity contribution in [2.24, 2.45) is 5.92 Å². The molecule has 3 heteroatoms. The summed E-state index contributed by atoms with van der Waals surface area (Å²) in [5, 5.41) is 3.77. The van der Waals surface area contributed by atoms with Gasteiger partial charge in [0, 0.05) is 18.6 Å². The van der Waals surface area contributed by atoms with Crippen molar-refractivity contribution in [3.05, 3.63) is 0 Å². The maximum atomic E-state index is 6.32. The second kappa shape index (κ2) is 7.94. The molecule has 0 bridgehead atoms. The summed E-state index contributed by atoms with van der Waals surface area (Å²) in [4.78, 5) is 0. The maximum Gasteiger partial charge on any atom is 0.0731 e. The van der Waals surface area contributed by atoms with Gasteiger partial charge in [0.2, 0.25) is 0 Å². The van der Waals surface area contributed by atoms with Crippen molar-refractivity contribution in [2.45, 2.75) is 97.5 Å². The lowest BCUT2D eigenvalue weighted by atomic mass is 9.78. The van der Waals surface area contributed by atoms with E-state index in [0.717, 1.165) is 38.8 Å². The molecule has 1 rings (SSSR count). The molecule has 1 saturated heterocycles. The summed E-state index contributed by atoms with van der Waals surface area (Å²) in [5.41, 5.74) is -0.138. The van der Waals surface area contributed by atoms with Crippen LogP contribution in [0.15, 0.2) is 0 Å². The molecule has 126 valence electrons. The predicted octanol–water partition coefficient (Wildman–Crippen LogP) is 4.15. The number of ether oxygens (including phenoxy) is 2. The first-order chi connectivity index (χ1) is 9.77. The standard InChI is InChI=1S/C18H37NO2/c1-8-11-15(20-10-3)16(19-12-9-2)14-13-17(4,5)21-18(14,6)7/h14-16,19H,8-13H2,1-7H3. The molecule has 0 aromatic heterocycles. The fourth-order valence-electron chi connectivity index (χ4n) is 3.87. The Labute approximate surface area is 132 Å². The van der Waals surface area contributed by atoms with Gasteiger partial charge in [0.1, 0.15) is 0 Å². The Hall–Kier alpha value is -0.120. The van der Waals surface area contributed by atoms with Crippen LogP contribution in [0.3, 0.4) is 0 Å². The molecule has 0 aromatic carbocycles. The van der Waals surface area contributed by atoms with Gasteiger partial charge in [-0.15, -0.1) is 0 Å². The van der Waals surface area contributed by atoms with Crippen LogP contribution in [0.1, 0.15) is 74.1 Å². The first-order valence-electron chi connectivity index (χ1n) is 8.82. The molecule has 0 aliphatic carbocycles. The van der Waals surface area contributed by atoms with Crippen LogP contribution in [-0.2, 0) is 9.47 Å². The highest BCUT2D eigenvalue weighted by atomic mass is 16.5. The molecule has 3 unspecified atom stereocenters. The van der Waals surface area contributed by atoms with E-state index in [-0.39, 0.29) is 17.3 Å². The van der Waals surface area contributed by atoms with E-state index in [2.05, 4.69) is 53.8 Å². The molecule has 0 saturated carbocycles. The van der Waals surface area contributed by atoms with Crippen molar-refractivity contribution in [3.63, 3.8) is 0 Å². The normalized spacial score (nSPS) is 26.7. The highest BCUT2D eigenvalue weighted by Gasteiger charge is 2.50. The van der Waals surface area contributed by atoms with E-state index in [0.29, 0.717) is 12.0 Å². The Balaban J connectivity index is 2.94. The summed E-state index contributed by atoms with van der Waals surface area (Å²) in [7, 11) is 0. The van der Waals surface area contributed by atoms with Gasteiger partial charge < -0.3 is 14.8 Å². The molecule has 21 heavy (non-hydrogen) atoms. The summed E-state index contributed by atoms with van der Waals surface area (Å²) in [5.74, 6) is 0.488. The highest BCUT2D eigenvalue weighted by molar-refractivity contribution is 5.01. The Kier molecular flexibility index (Phi) is 7.15. The summed E-state index contributed by atoms with van der Waals surface area (Å²) >= 11 is 0. The average molecular weight is 299 g/mol. The van der Waals surface area contributed by atoms with Crippen molar-refractivity contribution >= 4 is 0 Å². The van der Waals surface area contributed by atoms with Gasteiger partial charge in [0.25, 0.3) is 0 Å². The van der Waals surface area contributed by atoms with Crippen LogP contribution in [0.4, 0.5) is 0 Å². The molecule has 1 aliphatic rings. The Morgan fingerprint density at radius 3 is 2.24 bits per heavy atom. The molecule has 1 aliphatic heterocycles. The molecular weight excluding hydrogens is 262 g/mol.